The van der Waals surface area contributed by atoms with Crippen LogP contribution in [0.15, 0.2) is 30.4 Å². The first-order chi connectivity index (χ1) is 6.50. The zero-order valence-electron chi connectivity index (χ0n) is 8.06. The minimum absolute atomic E-state index is 0.0998. The van der Waals surface area contributed by atoms with Crippen molar-refractivity contribution < 1.29 is 0 Å². The molecule has 2 N–H and O–H groups in total. The zero-order valence-corrected chi connectivity index (χ0v) is 9.57. The van der Waals surface area contributed by atoms with Crippen LogP contribution in [0.25, 0.3) is 0 Å². The monoisotopic (exact) mass is 229 g/mol. The van der Waals surface area contributed by atoms with Gasteiger partial charge in [0.2, 0.25) is 0 Å². The first-order valence-corrected chi connectivity index (χ1v) is 5.11. The van der Waals surface area contributed by atoms with E-state index in [1.807, 2.05) is 13.0 Å². The average molecular weight is 230 g/mol. The topological polar surface area (TPSA) is 26.0 Å². The summed E-state index contributed by atoms with van der Waals surface area (Å²) in [5.41, 5.74) is 7.92. The van der Waals surface area contributed by atoms with Gasteiger partial charge in [0.05, 0.1) is 0 Å². The quantitative estimate of drug-likeness (QED) is 0.781. The van der Waals surface area contributed by atoms with E-state index in [0.717, 1.165) is 17.6 Å². The van der Waals surface area contributed by atoms with Gasteiger partial charge in [-0.3, -0.25) is 0 Å². The van der Waals surface area contributed by atoms with Gasteiger partial charge in [-0.2, -0.15) is 0 Å². The Balaban J connectivity index is 2.90. The SMILES string of the molecule is C=C(C)CC(N)c1ccc(Cl)cc1Cl. The zero-order chi connectivity index (χ0) is 10.7. The van der Waals surface area contributed by atoms with Gasteiger partial charge in [0.15, 0.2) is 0 Å². The molecule has 1 nitrogen and oxygen atoms in total. The lowest BCUT2D eigenvalue weighted by molar-refractivity contribution is 0.717. The Labute approximate surface area is 94.5 Å². The number of nitrogens with two attached hydrogens (primary N) is 1. The van der Waals surface area contributed by atoms with Gasteiger partial charge in [-0.1, -0.05) is 34.8 Å². The van der Waals surface area contributed by atoms with Gasteiger partial charge in [0.1, 0.15) is 0 Å². The van der Waals surface area contributed by atoms with Gasteiger partial charge in [-0.25, -0.2) is 0 Å². The number of hydrogen-bond donors (Lipinski definition) is 1. The van der Waals surface area contributed by atoms with E-state index < -0.39 is 0 Å². The summed E-state index contributed by atoms with van der Waals surface area (Å²) in [4.78, 5) is 0. The van der Waals surface area contributed by atoms with Crippen molar-refractivity contribution in [3.63, 3.8) is 0 Å². The third kappa shape index (κ3) is 3.02. The smallest absolute Gasteiger partial charge is 0.0468 e. The van der Waals surface area contributed by atoms with Crippen molar-refractivity contribution in [3.8, 4) is 0 Å². The first-order valence-electron chi connectivity index (χ1n) is 4.35. The Kier molecular flexibility index (Phi) is 3.99. The lowest BCUT2D eigenvalue weighted by atomic mass is 10.0. The Morgan fingerprint density at radius 3 is 2.64 bits per heavy atom. The second-order valence-corrected chi connectivity index (χ2v) is 4.28. The minimum Gasteiger partial charge on any atom is -0.324 e. The molecular formula is C11H13Cl2N. The number of hydrogen-bond acceptors (Lipinski definition) is 1. The Hall–Kier alpha value is -0.500. The Morgan fingerprint density at radius 2 is 2.14 bits per heavy atom. The van der Waals surface area contributed by atoms with Gasteiger partial charge in [0, 0.05) is 16.1 Å². The third-order valence-electron chi connectivity index (χ3n) is 1.93. The molecule has 0 aliphatic rings. The molecule has 0 aliphatic heterocycles. The van der Waals surface area contributed by atoms with E-state index in [9.17, 15) is 0 Å². The van der Waals surface area contributed by atoms with Crippen LogP contribution in [-0.4, -0.2) is 0 Å². The van der Waals surface area contributed by atoms with Crippen LogP contribution in [0.1, 0.15) is 24.9 Å². The molecule has 76 valence electrons. The molecule has 0 bridgehead atoms. The molecule has 0 radical (unpaired) electrons. The van der Waals surface area contributed by atoms with E-state index in [1.54, 1.807) is 12.1 Å². The lowest BCUT2D eigenvalue weighted by Gasteiger charge is -2.13. The molecule has 0 aromatic heterocycles. The number of rotatable bonds is 3. The first kappa shape index (κ1) is 11.6. The molecular weight excluding hydrogens is 217 g/mol. The van der Waals surface area contributed by atoms with Gasteiger partial charge in [0.25, 0.3) is 0 Å². The molecule has 1 aromatic rings. The predicted molar refractivity (Wildman–Crippen MR) is 62.8 cm³/mol. The highest BCUT2D eigenvalue weighted by Gasteiger charge is 2.10. The maximum atomic E-state index is 6.01. The third-order valence-corrected chi connectivity index (χ3v) is 2.49. The van der Waals surface area contributed by atoms with Crippen LogP contribution in [0.3, 0.4) is 0 Å². The Bertz CT molecular complexity index is 347. The van der Waals surface area contributed by atoms with Crippen LogP contribution in [0.2, 0.25) is 10.0 Å². The highest BCUT2D eigenvalue weighted by Crippen LogP contribution is 2.27. The molecule has 1 atom stereocenters. The van der Waals surface area contributed by atoms with E-state index in [1.165, 1.54) is 0 Å². The molecule has 1 unspecified atom stereocenters. The van der Waals surface area contributed by atoms with Crippen molar-refractivity contribution in [2.24, 2.45) is 5.73 Å². The molecule has 0 spiro atoms. The molecule has 14 heavy (non-hydrogen) atoms. The summed E-state index contributed by atoms with van der Waals surface area (Å²) in [6, 6.07) is 5.26. The second-order valence-electron chi connectivity index (χ2n) is 3.43. The van der Waals surface area contributed by atoms with E-state index in [4.69, 9.17) is 28.9 Å². The molecule has 1 rings (SSSR count). The summed E-state index contributed by atoms with van der Waals surface area (Å²) in [5.74, 6) is 0. The Morgan fingerprint density at radius 1 is 1.50 bits per heavy atom. The summed E-state index contributed by atoms with van der Waals surface area (Å²) in [7, 11) is 0. The number of benzene rings is 1. The summed E-state index contributed by atoms with van der Waals surface area (Å²) < 4.78 is 0. The molecule has 0 heterocycles. The van der Waals surface area contributed by atoms with Crippen LogP contribution in [0, 0.1) is 0 Å². The molecule has 0 fully saturated rings. The highest BCUT2D eigenvalue weighted by molar-refractivity contribution is 6.35. The molecule has 0 aliphatic carbocycles. The van der Waals surface area contributed by atoms with Crippen molar-refractivity contribution in [3.05, 3.63) is 46.0 Å². The fourth-order valence-electron chi connectivity index (χ4n) is 1.29. The molecule has 3 heteroatoms. The fourth-order valence-corrected chi connectivity index (χ4v) is 1.84. The number of halogens is 2. The molecule has 0 saturated heterocycles. The van der Waals surface area contributed by atoms with Crippen LogP contribution in [-0.2, 0) is 0 Å². The normalized spacial score (nSPS) is 12.6. The van der Waals surface area contributed by atoms with Crippen LogP contribution >= 0.6 is 23.2 Å². The van der Waals surface area contributed by atoms with Crippen molar-refractivity contribution in [1.29, 1.82) is 0 Å². The van der Waals surface area contributed by atoms with E-state index in [-0.39, 0.29) is 6.04 Å². The summed E-state index contributed by atoms with van der Waals surface area (Å²) >= 11 is 11.8. The van der Waals surface area contributed by atoms with E-state index >= 15 is 0 Å². The average Bonchev–Trinajstić information content (AvgIpc) is 2.01. The van der Waals surface area contributed by atoms with Crippen molar-refractivity contribution in [2.75, 3.05) is 0 Å². The van der Waals surface area contributed by atoms with E-state index in [2.05, 4.69) is 6.58 Å². The van der Waals surface area contributed by atoms with Crippen LogP contribution in [0.5, 0.6) is 0 Å². The van der Waals surface area contributed by atoms with Gasteiger partial charge in [-0.15, -0.1) is 6.58 Å². The molecule has 0 saturated carbocycles. The summed E-state index contributed by atoms with van der Waals surface area (Å²) in [6.45, 7) is 5.77. The maximum Gasteiger partial charge on any atom is 0.0468 e. The van der Waals surface area contributed by atoms with Gasteiger partial charge < -0.3 is 5.73 Å². The largest absolute Gasteiger partial charge is 0.324 e. The predicted octanol–water partition coefficient (Wildman–Crippen LogP) is 3.96. The molecule has 0 amide bonds. The highest BCUT2D eigenvalue weighted by atomic mass is 35.5. The van der Waals surface area contributed by atoms with Crippen LogP contribution in [0.4, 0.5) is 0 Å². The van der Waals surface area contributed by atoms with E-state index in [0.29, 0.717) is 10.0 Å². The van der Waals surface area contributed by atoms with Crippen LogP contribution < -0.4 is 5.73 Å². The summed E-state index contributed by atoms with van der Waals surface area (Å²) in [5, 5.41) is 1.24. The van der Waals surface area contributed by atoms with Crippen molar-refractivity contribution in [2.45, 2.75) is 19.4 Å². The maximum absolute atomic E-state index is 6.01. The summed E-state index contributed by atoms with van der Waals surface area (Å²) in [6.07, 6.45) is 0.737. The van der Waals surface area contributed by atoms with Gasteiger partial charge in [-0.05, 0) is 31.0 Å². The lowest BCUT2D eigenvalue weighted by Crippen LogP contribution is -2.10. The van der Waals surface area contributed by atoms with Crippen molar-refractivity contribution in [1.82, 2.24) is 0 Å². The second kappa shape index (κ2) is 4.83. The minimum atomic E-state index is -0.0998. The fraction of sp³-hybridized carbons (Fsp3) is 0.273. The van der Waals surface area contributed by atoms with Crippen molar-refractivity contribution >= 4 is 23.2 Å². The standard InChI is InChI=1S/C11H13Cl2N/c1-7(2)5-11(14)9-4-3-8(12)6-10(9)13/h3-4,6,11H,1,5,14H2,2H3. The van der Waals surface area contributed by atoms with Gasteiger partial charge >= 0.3 is 0 Å². The molecule has 1 aromatic carbocycles.